The second-order valence-corrected chi connectivity index (χ2v) is 4.76. The lowest BCUT2D eigenvalue weighted by Crippen LogP contribution is -2.17. The van der Waals surface area contributed by atoms with Crippen molar-refractivity contribution in [3.05, 3.63) is 54.3 Å². The van der Waals surface area contributed by atoms with Crippen molar-refractivity contribution in [2.24, 2.45) is 0 Å². The van der Waals surface area contributed by atoms with Crippen LogP contribution in [0.5, 0.6) is 17.4 Å². The predicted molar refractivity (Wildman–Crippen MR) is 81.2 cm³/mol. The minimum Gasteiger partial charge on any atom is -0.497 e. The zero-order valence-electron chi connectivity index (χ0n) is 12.7. The molecule has 0 radical (unpaired) electrons. The van der Waals surface area contributed by atoms with E-state index in [-0.39, 0.29) is 18.2 Å². The van der Waals surface area contributed by atoms with Gasteiger partial charge in [0, 0.05) is 12.1 Å². The van der Waals surface area contributed by atoms with E-state index >= 15 is 0 Å². The van der Waals surface area contributed by atoms with Gasteiger partial charge in [-0.15, -0.1) is 0 Å². The molecular weight excluding hydrogens is 314 g/mol. The van der Waals surface area contributed by atoms with E-state index in [2.05, 4.69) is 15.2 Å². The molecule has 8 heteroatoms. The first-order valence-electron chi connectivity index (χ1n) is 6.99. The molecule has 0 bridgehead atoms. The SMILES string of the molecule is COc1cccc(Oc2ccc(CC(=O)C(=O)c3ncn[nH]3)o2)c1. The topological polar surface area (TPSA) is 107 Å². The van der Waals surface area contributed by atoms with E-state index in [1.54, 1.807) is 43.5 Å². The van der Waals surface area contributed by atoms with E-state index in [9.17, 15) is 9.59 Å². The van der Waals surface area contributed by atoms with Gasteiger partial charge >= 0.3 is 0 Å². The molecule has 0 aliphatic heterocycles. The Kier molecular flexibility index (Phi) is 4.37. The molecule has 0 spiro atoms. The number of ether oxygens (including phenoxy) is 2. The maximum absolute atomic E-state index is 11.9. The van der Waals surface area contributed by atoms with Gasteiger partial charge in [-0.1, -0.05) is 6.07 Å². The Morgan fingerprint density at radius 1 is 1.21 bits per heavy atom. The van der Waals surface area contributed by atoms with E-state index in [0.717, 1.165) is 6.33 Å². The average molecular weight is 327 g/mol. The number of hydrogen-bond acceptors (Lipinski definition) is 7. The normalized spacial score (nSPS) is 10.4. The number of nitrogens with one attached hydrogen (secondary N) is 1. The Morgan fingerprint density at radius 2 is 2.04 bits per heavy atom. The van der Waals surface area contributed by atoms with Crippen LogP contribution in [0.25, 0.3) is 0 Å². The smallest absolute Gasteiger partial charge is 0.290 e. The molecule has 0 saturated carbocycles. The molecule has 1 aromatic carbocycles. The zero-order valence-corrected chi connectivity index (χ0v) is 12.7. The van der Waals surface area contributed by atoms with Crippen LogP contribution in [-0.2, 0) is 11.2 Å². The summed E-state index contributed by atoms with van der Waals surface area (Å²) in [6, 6.07) is 10.1. The molecule has 0 amide bonds. The lowest BCUT2D eigenvalue weighted by atomic mass is 10.1. The van der Waals surface area contributed by atoms with Crippen molar-refractivity contribution < 1.29 is 23.5 Å². The second kappa shape index (κ2) is 6.78. The van der Waals surface area contributed by atoms with Crippen LogP contribution < -0.4 is 9.47 Å². The summed E-state index contributed by atoms with van der Waals surface area (Å²) in [6.45, 7) is 0. The number of furan rings is 1. The number of hydrogen-bond donors (Lipinski definition) is 1. The van der Waals surface area contributed by atoms with E-state index < -0.39 is 11.6 Å². The summed E-state index contributed by atoms with van der Waals surface area (Å²) in [5, 5.41) is 5.89. The Morgan fingerprint density at radius 3 is 2.79 bits per heavy atom. The Labute approximate surface area is 136 Å². The molecule has 8 nitrogen and oxygen atoms in total. The average Bonchev–Trinajstić information content (AvgIpc) is 3.26. The van der Waals surface area contributed by atoms with Crippen molar-refractivity contribution in [3.8, 4) is 17.4 Å². The molecule has 0 aliphatic rings. The fraction of sp³-hybridized carbons (Fsp3) is 0.125. The number of aromatic amines is 1. The minimum absolute atomic E-state index is 0.0978. The standard InChI is InChI=1S/C16H13N3O5/c1-22-10-3-2-4-11(7-10)23-14-6-5-12(24-14)8-13(20)15(21)16-17-9-18-19-16/h2-7,9H,8H2,1H3,(H,17,18,19). The zero-order chi connectivity index (χ0) is 16.9. The van der Waals surface area contributed by atoms with Gasteiger partial charge < -0.3 is 13.9 Å². The molecular formula is C16H13N3O5. The summed E-state index contributed by atoms with van der Waals surface area (Å²) in [4.78, 5) is 27.4. The van der Waals surface area contributed by atoms with E-state index in [0.29, 0.717) is 17.3 Å². The number of ketones is 2. The monoisotopic (exact) mass is 327 g/mol. The number of aromatic nitrogens is 3. The number of carbonyl (C=O) groups is 2. The van der Waals surface area contributed by atoms with Gasteiger partial charge in [0.2, 0.25) is 5.78 Å². The van der Waals surface area contributed by atoms with Crippen molar-refractivity contribution in [2.75, 3.05) is 7.11 Å². The summed E-state index contributed by atoms with van der Waals surface area (Å²) in [7, 11) is 1.56. The van der Waals surface area contributed by atoms with Crippen molar-refractivity contribution in [2.45, 2.75) is 6.42 Å². The third-order valence-electron chi connectivity index (χ3n) is 3.11. The molecule has 1 N–H and O–H groups in total. The second-order valence-electron chi connectivity index (χ2n) is 4.76. The van der Waals surface area contributed by atoms with Crippen LogP contribution in [0.3, 0.4) is 0 Å². The van der Waals surface area contributed by atoms with Crippen molar-refractivity contribution in [3.63, 3.8) is 0 Å². The fourth-order valence-corrected chi connectivity index (χ4v) is 1.97. The van der Waals surface area contributed by atoms with Gasteiger partial charge in [0.1, 0.15) is 23.6 Å². The van der Waals surface area contributed by atoms with E-state index in [1.807, 2.05) is 0 Å². The van der Waals surface area contributed by atoms with Gasteiger partial charge in [0.15, 0.2) is 5.82 Å². The fourth-order valence-electron chi connectivity index (χ4n) is 1.97. The summed E-state index contributed by atoms with van der Waals surface area (Å²) < 4.78 is 16.1. The van der Waals surface area contributed by atoms with Gasteiger partial charge in [-0.05, 0) is 18.2 Å². The highest BCUT2D eigenvalue weighted by atomic mass is 16.6. The first-order chi connectivity index (χ1) is 11.7. The number of Topliss-reactive ketones (excluding diaryl/α,β-unsaturated/α-hetero) is 2. The van der Waals surface area contributed by atoms with Crippen molar-refractivity contribution in [1.82, 2.24) is 15.2 Å². The third kappa shape index (κ3) is 3.49. The lowest BCUT2D eigenvalue weighted by molar-refractivity contribution is -0.114. The van der Waals surface area contributed by atoms with Crippen LogP contribution in [0, 0.1) is 0 Å². The van der Waals surface area contributed by atoms with Crippen LogP contribution in [0.1, 0.15) is 16.4 Å². The highest BCUT2D eigenvalue weighted by molar-refractivity contribution is 6.42. The number of methoxy groups -OCH3 is 1. The van der Waals surface area contributed by atoms with Crippen molar-refractivity contribution >= 4 is 11.6 Å². The van der Waals surface area contributed by atoms with E-state index in [1.165, 1.54) is 0 Å². The Bertz CT molecular complexity index is 854. The number of H-pyrrole nitrogens is 1. The molecule has 3 aromatic rings. The molecule has 0 fully saturated rings. The highest BCUT2D eigenvalue weighted by Crippen LogP contribution is 2.26. The van der Waals surface area contributed by atoms with Gasteiger partial charge in [-0.3, -0.25) is 14.7 Å². The summed E-state index contributed by atoms with van der Waals surface area (Å²) >= 11 is 0. The third-order valence-corrected chi connectivity index (χ3v) is 3.11. The van der Waals surface area contributed by atoms with Crippen LogP contribution in [-0.4, -0.2) is 33.9 Å². The molecule has 0 aliphatic carbocycles. The lowest BCUT2D eigenvalue weighted by Gasteiger charge is -2.04. The van der Waals surface area contributed by atoms with Gasteiger partial charge in [0.25, 0.3) is 11.7 Å². The number of carbonyl (C=O) groups excluding carboxylic acids is 2. The van der Waals surface area contributed by atoms with Crippen molar-refractivity contribution in [1.29, 1.82) is 0 Å². The van der Waals surface area contributed by atoms with Gasteiger partial charge in [0.05, 0.1) is 13.5 Å². The van der Waals surface area contributed by atoms with Gasteiger partial charge in [-0.25, -0.2) is 4.98 Å². The van der Waals surface area contributed by atoms with Crippen LogP contribution >= 0.6 is 0 Å². The maximum atomic E-state index is 11.9. The van der Waals surface area contributed by atoms with Crippen LogP contribution in [0.4, 0.5) is 0 Å². The Hall–Kier alpha value is -3.42. The predicted octanol–water partition coefficient (Wildman–Crippen LogP) is 2.19. The highest BCUT2D eigenvalue weighted by Gasteiger charge is 2.21. The Balaban J connectivity index is 1.65. The maximum Gasteiger partial charge on any atom is 0.290 e. The molecule has 0 unspecified atom stereocenters. The molecule has 2 heterocycles. The molecule has 2 aromatic heterocycles. The summed E-state index contributed by atoms with van der Waals surface area (Å²) in [5.41, 5.74) is 0. The molecule has 0 saturated heterocycles. The largest absolute Gasteiger partial charge is 0.497 e. The molecule has 0 atom stereocenters. The molecule has 122 valence electrons. The first-order valence-corrected chi connectivity index (χ1v) is 6.99. The quantitative estimate of drug-likeness (QED) is 0.523. The molecule has 24 heavy (non-hydrogen) atoms. The van der Waals surface area contributed by atoms with Crippen LogP contribution in [0.2, 0.25) is 0 Å². The van der Waals surface area contributed by atoms with Crippen LogP contribution in [0.15, 0.2) is 47.1 Å². The number of nitrogens with zero attached hydrogens (tertiary/aromatic N) is 2. The number of rotatable bonds is 7. The summed E-state index contributed by atoms with van der Waals surface area (Å²) in [5.74, 6) is 0.183. The van der Waals surface area contributed by atoms with Gasteiger partial charge in [-0.2, -0.15) is 5.10 Å². The number of benzene rings is 1. The minimum atomic E-state index is -0.751. The van der Waals surface area contributed by atoms with E-state index in [4.69, 9.17) is 13.9 Å². The summed E-state index contributed by atoms with van der Waals surface area (Å²) in [6.07, 6.45) is 0.967. The first kappa shape index (κ1) is 15.5. The molecule has 3 rings (SSSR count).